The Morgan fingerprint density at radius 1 is 1.12 bits per heavy atom. The van der Waals surface area contributed by atoms with Crippen molar-refractivity contribution in [2.24, 2.45) is 0 Å². The lowest BCUT2D eigenvalue weighted by Crippen LogP contribution is -2.14. The molecule has 2 atom stereocenters. The van der Waals surface area contributed by atoms with Crippen LogP contribution < -0.4 is 9.47 Å². The van der Waals surface area contributed by atoms with E-state index in [0.29, 0.717) is 25.0 Å². The van der Waals surface area contributed by atoms with Crippen LogP contribution >= 0.6 is 0 Å². The molecule has 1 aliphatic rings. The average molecular weight is 462 g/mol. The van der Waals surface area contributed by atoms with E-state index in [9.17, 15) is 13.2 Å². The first-order chi connectivity index (χ1) is 15.4. The summed E-state index contributed by atoms with van der Waals surface area (Å²) in [5.74, 6) is 0.263. The Morgan fingerprint density at radius 3 is 2.50 bits per heavy atom. The van der Waals surface area contributed by atoms with Crippen LogP contribution in [0.15, 0.2) is 41.6 Å². The Kier molecular flexibility index (Phi) is 8.26. The summed E-state index contributed by atoms with van der Waals surface area (Å²) in [5, 5.41) is 0. The van der Waals surface area contributed by atoms with Crippen molar-refractivity contribution in [2.45, 2.75) is 63.6 Å². The zero-order chi connectivity index (χ0) is 23.1. The highest BCUT2D eigenvalue weighted by atomic mass is 32.2. The van der Waals surface area contributed by atoms with E-state index >= 15 is 0 Å². The highest BCUT2D eigenvalue weighted by Crippen LogP contribution is 2.45. The second-order valence-corrected chi connectivity index (χ2v) is 10.1. The predicted octanol–water partition coefficient (Wildman–Crippen LogP) is 4.61. The fourth-order valence-corrected chi connectivity index (χ4v) is 5.23. The number of nitrogens with zero attached hydrogens (tertiary/aromatic N) is 1. The molecule has 1 aliphatic heterocycles. The smallest absolute Gasteiger partial charge is 0.182 e. The van der Waals surface area contributed by atoms with Gasteiger partial charge in [0.1, 0.15) is 11.5 Å². The molecule has 0 N–H and O–H groups in total. The Balaban J connectivity index is 2.02. The number of carbonyl (C=O) groups excluding carboxylic acids is 1. The molecule has 1 aromatic heterocycles. The van der Waals surface area contributed by atoms with Gasteiger partial charge in [0.15, 0.2) is 27.1 Å². The maximum absolute atomic E-state index is 13.1. The zero-order valence-corrected chi connectivity index (χ0v) is 19.7. The summed E-state index contributed by atoms with van der Waals surface area (Å²) in [6.45, 7) is 5.36. The molecule has 0 spiro atoms. The number of rotatable bonds is 11. The molecule has 2 heterocycles. The van der Waals surface area contributed by atoms with Gasteiger partial charge in [-0.25, -0.2) is 8.42 Å². The summed E-state index contributed by atoms with van der Waals surface area (Å²) in [4.78, 5) is 15.8. The van der Waals surface area contributed by atoms with Crippen molar-refractivity contribution in [1.29, 1.82) is 0 Å². The van der Waals surface area contributed by atoms with E-state index < -0.39 is 9.84 Å². The van der Waals surface area contributed by atoms with Gasteiger partial charge >= 0.3 is 0 Å². The molecule has 1 fully saturated rings. The van der Waals surface area contributed by atoms with Crippen LogP contribution in [0.1, 0.15) is 69.8 Å². The SMILES string of the molecule is CCCOc1c(OCC(C)=O)cc(C2CCC(c3cccnc3)O2)cc1S(=O)(=O)CCC. The number of ether oxygens (including phenoxy) is 3. The Labute approximate surface area is 190 Å². The fraction of sp³-hybridized carbons (Fsp3) is 0.500. The summed E-state index contributed by atoms with van der Waals surface area (Å²) < 4.78 is 44.0. The Hall–Kier alpha value is -2.45. The van der Waals surface area contributed by atoms with Crippen LogP contribution in [-0.2, 0) is 19.4 Å². The first-order valence-corrected chi connectivity index (χ1v) is 12.7. The highest BCUT2D eigenvalue weighted by Gasteiger charge is 2.31. The van der Waals surface area contributed by atoms with Gasteiger partial charge in [0.2, 0.25) is 0 Å². The van der Waals surface area contributed by atoms with E-state index in [0.717, 1.165) is 18.4 Å². The largest absolute Gasteiger partial charge is 0.488 e. The molecule has 3 rings (SSSR count). The first-order valence-electron chi connectivity index (χ1n) is 11.1. The number of sulfone groups is 1. The van der Waals surface area contributed by atoms with Gasteiger partial charge in [-0.3, -0.25) is 9.78 Å². The van der Waals surface area contributed by atoms with Gasteiger partial charge in [-0.1, -0.05) is 19.9 Å². The molecular formula is C24H31NO6S. The third kappa shape index (κ3) is 5.86. The highest BCUT2D eigenvalue weighted by molar-refractivity contribution is 7.91. The monoisotopic (exact) mass is 461 g/mol. The molecule has 0 saturated carbocycles. The number of hydrogen-bond acceptors (Lipinski definition) is 7. The van der Waals surface area contributed by atoms with Crippen LogP contribution in [0.25, 0.3) is 0 Å². The third-order valence-corrected chi connectivity index (χ3v) is 7.10. The molecule has 2 aromatic rings. The molecule has 32 heavy (non-hydrogen) atoms. The van der Waals surface area contributed by atoms with E-state index in [1.54, 1.807) is 24.5 Å². The Bertz CT molecular complexity index is 1020. The molecule has 0 aliphatic carbocycles. The minimum Gasteiger partial charge on any atom is -0.488 e. The number of ketones is 1. The number of benzene rings is 1. The average Bonchev–Trinajstić information content (AvgIpc) is 3.27. The quantitative estimate of drug-likeness (QED) is 0.482. The fourth-order valence-electron chi connectivity index (χ4n) is 3.72. The standard InChI is InChI=1S/C24H31NO6S/c1-4-11-29-24-22(30-16-17(3)26)13-19(14-23(24)32(27,28)12-5-2)21-9-8-20(31-21)18-7-6-10-25-15-18/h6-7,10,13-15,20-21H,4-5,8-9,11-12,16H2,1-3H3. The minimum absolute atomic E-state index is 0.00504. The predicted molar refractivity (Wildman–Crippen MR) is 121 cm³/mol. The molecule has 0 radical (unpaired) electrons. The van der Waals surface area contributed by atoms with Gasteiger partial charge in [-0.05, 0) is 61.9 Å². The number of aromatic nitrogens is 1. The summed E-state index contributed by atoms with van der Waals surface area (Å²) in [6.07, 6.45) is 5.81. The van der Waals surface area contributed by atoms with Gasteiger partial charge in [0.25, 0.3) is 0 Å². The van der Waals surface area contributed by atoms with Gasteiger partial charge in [-0.15, -0.1) is 0 Å². The lowest BCUT2D eigenvalue weighted by molar-refractivity contribution is -0.118. The summed E-state index contributed by atoms with van der Waals surface area (Å²) >= 11 is 0. The molecule has 7 nitrogen and oxygen atoms in total. The van der Waals surface area contributed by atoms with Crippen molar-refractivity contribution < 1.29 is 27.4 Å². The molecular weight excluding hydrogens is 430 g/mol. The van der Waals surface area contributed by atoms with Gasteiger partial charge in [-0.2, -0.15) is 0 Å². The van der Waals surface area contributed by atoms with Gasteiger partial charge in [0.05, 0.1) is 24.6 Å². The normalized spacial score (nSPS) is 18.5. The van der Waals surface area contributed by atoms with Crippen LogP contribution in [0.5, 0.6) is 11.5 Å². The van der Waals surface area contributed by atoms with Crippen molar-refractivity contribution in [3.8, 4) is 11.5 Å². The molecule has 0 bridgehead atoms. The lowest BCUT2D eigenvalue weighted by Gasteiger charge is -2.20. The van der Waals surface area contributed by atoms with Crippen molar-refractivity contribution in [3.63, 3.8) is 0 Å². The van der Waals surface area contributed by atoms with E-state index in [-0.39, 0.29) is 46.7 Å². The summed E-state index contributed by atoms with van der Waals surface area (Å²) in [6, 6.07) is 7.23. The molecule has 174 valence electrons. The maximum atomic E-state index is 13.1. The number of carbonyl (C=O) groups is 1. The van der Waals surface area contributed by atoms with Crippen molar-refractivity contribution in [1.82, 2.24) is 4.98 Å². The van der Waals surface area contributed by atoms with Crippen molar-refractivity contribution >= 4 is 15.6 Å². The number of Topliss-reactive ketones (excluding diaryl/α,β-unsaturated/α-hetero) is 1. The number of pyridine rings is 1. The second-order valence-electron chi connectivity index (χ2n) is 7.98. The van der Waals surface area contributed by atoms with Gasteiger partial charge in [0, 0.05) is 12.4 Å². The number of hydrogen-bond donors (Lipinski definition) is 0. The lowest BCUT2D eigenvalue weighted by atomic mass is 10.0. The third-order valence-electron chi connectivity index (χ3n) is 5.18. The van der Waals surface area contributed by atoms with E-state index in [1.165, 1.54) is 6.92 Å². The van der Waals surface area contributed by atoms with Gasteiger partial charge < -0.3 is 14.2 Å². The maximum Gasteiger partial charge on any atom is 0.182 e. The molecule has 0 amide bonds. The van der Waals surface area contributed by atoms with E-state index in [1.807, 2.05) is 26.0 Å². The zero-order valence-electron chi connectivity index (χ0n) is 18.9. The molecule has 1 saturated heterocycles. The van der Waals surface area contributed by atoms with Crippen LogP contribution in [0, 0.1) is 0 Å². The topological polar surface area (TPSA) is 91.8 Å². The molecule has 2 unspecified atom stereocenters. The van der Waals surface area contributed by atoms with Crippen LogP contribution in [0.2, 0.25) is 0 Å². The molecule has 8 heteroatoms. The van der Waals surface area contributed by atoms with E-state index in [2.05, 4.69) is 4.98 Å². The minimum atomic E-state index is -3.61. The summed E-state index contributed by atoms with van der Waals surface area (Å²) in [5.41, 5.74) is 1.69. The van der Waals surface area contributed by atoms with Crippen molar-refractivity contribution in [3.05, 3.63) is 47.8 Å². The Morgan fingerprint density at radius 2 is 1.88 bits per heavy atom. The van der Waals surface area contributed by atoms with Crippen LogP contribution in [0.3, 0.4) is 0 Å². The van der Waals surface area contributed by atoms with Crippen molar-refractivity contribution in [2.75, 3.05) is 19.0 Å². The molecule has 1 aromatic carbocycles. The van der Waals surface area contributed by atoms with Crippen LogP contribution in [-0.4, -0.2) is 38.2 Å². The van der Waals surface area contributed by atoms with Crippen LogP contribution in [0.4, 0.5) is 0 Å². The van der Waals surface area contributed by atoms with E-state index in [4.69, 9.17) is 14.2 Å². The first kappa shape index (κ1) is 24.2. The second kappa shape index (κ2) is 10.9. The summed E-state index contributed by atoms with van der Waals surface area (Å²) in [7, 11) is -3.61.